The molecule has 0 atom stereocenters. The van der Waals surface area contributed by atoms with E-state index in [0.29, 0.717) is 16.9 Å². The number of thiazole rings is 1. The molecule has 1 aliphatic rings. The van der Waals surface area contributed by atoms with Gasteiger partial charge in [0.15, 0.2) is 16.8 Å². The molecule has 9 heteroatoms. The maximum Gasteiger partial charge on any atom is 0.257 e. The van der Waals surface area contributed by atoms with E-state index in [2.05, 4.69) is 10.3 Å². The number of nitrogens with one attached hydrogen (secondary N) is 1. The lowest BCUT2D eigenvalue weighted by Gasteiger charge is -2.14. The number of aromatic nitrogens is 1. The van der Waals surface area contributed by atoms with E-state index >= 15 is 0 Å². The second kappa shape index (κ2) is 7.51. The van der Waals surface area contributed by atoms with Crippen LogP contribution in [0.15, 0.2) is 47.8 Å². The SMILES string of the molecule is O=C(Nc1nc(-c2ccc(F)c(F)c2)cs1)c1cccc(N2C(=O)CCC2=O)c1. The molecule has 4 rings (SSSR count). The highest BCUT2D eigenvalue weighted by Crippen LogP contribution is 2.27. The van der Waals surface area contributed by atoms with Crippen molar-refractivity contribution >= 4 is 39.9 Å². The average Bonchev–Trinajstić information content (AvgIpc) is 3.30. The Morgan fingerprint density at radius 2 is 1.79 bits per heavy atom. The zero-order valence-corrected chi connectivity index (χ0v) is 15.6. The van der Waals surface area contributed by atoms with Gasteiger partial charge in [-0.05, 0) is 36.4 Å². The van der Waals surface area contributed by atoms with Crippen molar-refractivity contribution in [1.82, 2.24) is 4.98 Å². The first-order valence-electron chi connectivity index (χ1n) is 8.60. The molecule has 6 nitrogen and oxygen atoms in total. The van der Waals surface area contributed by atoms with Gasteiger partial charge in [0.05, 0.1) is 11.4 Å². The first-order chi connectivity index (χ1) is 13.9. The quantitative estimate of drug-likeness (QED) is 0.656. The maximum absolute atomic E-state index is 13.4. The van der Waals surface area contributed by atoms with Crippen LogP contribution in [0.5, 0.6) is 0 Å². The number of hydrogen-bond acceptors (Lipinski definition) is 5. The molecule has 1 N–H and O–H groups in total. The lowest BCUT2D eigenvalue weighted by molar-refractivity contribution is -0.121. The fourth-order valence-electron chi connectivity index (χ4n) is 2.94. The van der Waals surface area contributed by atoms with Gasteiger partial charge in [-0.3, -0.25) is 24.6 Å². The third-order valence-corrected chi connectivity index (χ3v) is 5.12. The molecular formula is C20H13F2N3O3S. The number of carbonyl (C=O) groups is 3. The topological polar surface area (TPSA) is 79.4 Å². The van der Waals surface area contributed by atoms with Gasteiger partial charge in [-0.1, -0.05) is 6.07 Å². The molecule has 0 radical (unpaired) electrons. The Kier molecular flexibility index (Phi) is 4.89. The van der Waals surface area contributed by atoms with Crippen LogP contribution in [-0.4, -0.2) is 22.7 Å². The highest BCUT2D eigenvalue weighted by atomic mass is 32.1. The number of benzene rings is 2. The minimum Gasteiger partial charge on any atom is -0.298 e. The van der Waals surface area contributed by atoms with Crippen LogP contribution >= 0.6 is 11.3 Å². The number of amides is 3. The molecule has 0 spiro atoms. The predicted molar refractivity (Wildman–Crippen MR) is 104 cm³/mol. The molecule has 146 valence electrons. The summed E-state index contributed by atoms with van der Waals surface area (Å²) in [7, 11) is 0. The van der Waals surface area contributed by atoms with Crippen LogP contribution < -0.4 is 10.2 Å². The third kappa shape index (κ3) is 3.77. The Labute approximate surface area is 167 Å². The van der Waals surface area contributed by atoms with Crippen molar-refractivity contribution in [2.75, 3.05) is 10.2 Å². The minimum absolute atomic E-state index is 0.154. The molecule has 1 saturated heterocycles. The van der Waals surface area contributed by atoms with E-state index in [1.807, 2.05) is 0 Å². The molecule has 1 aliphatic heterocycles. The standard InChI is InChI=1S/C20H13F2N3O3S/c21-14-5-4-11(9-15(14)22)16-10-29-20(23-16)24-19(28)12-2-1-3-13(8-12)25-17(26)6-7-18(25)27/h1-5,8-10H,6-7H2,(H,23,24,28). The molecule has 0 bridgehead atoms. The summed E-state index contributed by atoms with van der Waals surface area (Å²) in [6, 6.07) is 9.61. The van der Waals surface area contributed by atoms with Gasteiger partial charge in [-0.15, -0.1) is 11.3 Å². The van der Waals surface area contributed by atoms with Crippen LogP contribution in [0.1, 0.15) is 23.2 Å². The van der Waals surface area contributed by atoms with E-state index in [-0.39, 0.29) is 35.4 Å². The molecule has 0 saturated carbocycles. The van der Waals surface area contributed by atoms with E-state index in [1.54, 1.807) is 23.6 Å². The van der Waals surface area contributed by atoms with Crippen LogP contribution in [0.25, 0.3) is 11.3 Å². The molecular weight excluding hydrogens is 400 g/mol. The number of rotatable bonds is 4. The van der Waals surface area contributed by atoms with Gasteiger partial charge in [0.2, 0.25) is 11.8 Å². The van der Waals surface area contributed by atoms with Crippen molar-refractivity contribution < 1.29 is 23.2 Å². The molecule has 0 aliphatic carbocycles. The van der Waals surface area contributed by atoms with Crippen LogP contribution in [-0.2, 0) is 9.59 Å². The summed E-state index contributed by atoms with van der Waals surface area (Å²) in [4.78, 5) is 41.6. The fourth-order valence-corrected chi connectivity index (χ4v) is 3.65. The summed E-state index contributed by atoms with van der Waals surface area (Å²) in [5.74, 6) is -3.01. The van der Waals surface area contributed by atoms with Crippen molar-refractivity contribution in [3.63, 3.8) is 0 Å². The number of imide groups is 1. The highest BCUT2D eigenvalue weighted by molar-refractivity contribution is 7.14. The summed E-state index contributed by atoms with van der Waals surface area (Å²) < 4.78 is 26.5. The lowest BCUT2D eigenvalue weighted by atomic mass is 10.1. The first-order valence-corrected chi connectivity index (χ1v) is 9.48. The van der Waals surface area contributed by atoms with Gasteiger partial charge < -0.3 is 0 Å². The van der Waals surface area contributed by atoms with Crippen molar-refractivity contribution in [1.29, 1.82) is 0 Å². The monoisotopic (exact) mass is 413 g/mol. The summed E-state index contributed by atoms with van der Waals surface area (Å²) >= 11 is 1.13. The van der Waals surface area contributed by atoms with E-state index in [0.717, 1.165) is 28.4 Å². The number of hydrogen-bond donors (Lipinski definition) is 1. The average molecular weight is 413 g/mol. The molecule has 1 aromatic heterocycles. The molecule has 2 heterocycles. The van der Waals surface area contributed by atoms with Gasteiger partial charge in [0.1, 0.15) is 0 Å². The maximum atomic E-state index is 13.4. The second-order valence-corrected chi connectivity index (χ2v) is 7.15. The Bertz CT molecular complexity index is 1130. The number of nitrogens with zero attached hydrogens (tertiary/aromatic N) is 2. The lowest BCUT2D eigenvalue weighted by Crippen LogP contribution is -2.28. The molecule has 3 amide bonds. The zero-order valence-electron chi connectivity index (χ0n) is 14.8. The smallest absolute Gasteiger partial charge is 0.257 e. The Morgan fingerprint density at radius 3 is 2.52 bits per heavy atom. The molecule has 1 fully saturated rings. The molecule has 29 heavy (non-hydrogen) atoms. The largest absolute Gasteiger partial charge is 0.298 e. The van der Waals surface area contributed by atoms with Crippen LogP contribution in [0, 0.1) is 11.6 Å². The Hall–Kier alpha value is -3.46. The van der Waals surface area contributed by atoms with Crippen LogP contribution in [0.2, 0.25) is 0 Å². The van der Waals surface area contributed by atoms with Gasteiger partial charge >= 0.3 is 0 Å². The summed E-state index contributed by atoms with van der Waals surface area (Å²) in [5, 5.41) is 4.51. The van der Waals surface area contributed by atoms with Crippen molar-refractivity contribution in [2.24, 2.45) is 0 Å². The van der Waals surface area contributed by atoms with Crippen molar-refractivity contribution in [3.05, 3.63) is 65.0 Å². The summed E-state index contributed by atoms with van der Waals surface area (Å²) in [5.41, 5.74) is 1.37. The first kappa shape index (κ1) is 18.9. The molecule has 0 unspecified atom stereocenters. The van der Waals surface area contributed by atoms with Gasteiger partial charge in [-0.2, -0.15) is 0 Å². The number of halogens is 2. The van der Waals surface area contributed by atoms with Crippen LogP contribution in [0.4, 0.5) is 19.6 Å². The number of carbonyl (C=O) groups excluding carboxylic acids is 3. The third-order valence-electron chi connectivity index (χ3n) is 4.36. The van der Waals surface area contributed by atoms with Crippen molar-refractivity contribution in [2.45, 2.75) is 12.8 Å². The van der Waals surface area contributed by atoms with E-state index < -0.39 is 17.5 Å². The van der Waals surface area contributed by atoms with Gasteiger partial charge in [0, 0.05) is 29.3 Å². The summed E-state index contributed by atoms with van der Waals surface area (Å²) in [6.07, 6.45) is 0.308. The summed E-state index contributed by atoms with van der Waals surface area (Å²) in [6.45, 7) is 0. The highest BCUT2D eigenvalue weighted by Gasteiger charge is 2.30. The minimum atomic E-state index is -0.982. The zero-order chi connectivity index (χ0) is 20.5. The number of anilines is 2. The predicted octanol–water partition coefficient (Wildman–Crippen LogP) is 3.99. The van der Waals surface area contributed by atoms with Gasteiger partial charge in [0.25, 0.3) is 5.91 Å². The Morgan fingerprint density at radius 1 is 1.03 bits per heavy atom. The van der Waals surface area contributed by atoms with Crippen LogP contribution in [0.3, 0.4) is 0 Å². The normalized spacial score (nSPS) is 13.8. The van der Waals surface area contributed by atoms with Gasteiger partial charge in [-0.25, -0.2) is 13.8 Å². The molecule has 3 aromatic rings. The van der Waals surface area contributed by atoms with E-state index in [4.69, 9.17) is 0 Å². The van der Waals surface area contributed by atoms with Crippen molar-refractivity contribution in [3.8, 4) is 11.3 Å². The van der Waals surface area contributed by atoms with E-state index in [1.165, 1.54) is 12.1 Å². The molecule has 2 aromatic carbocycles. The Balaban J connectivity index is 1.52. The fraction of sp³-hybridized carbons (Fsp3) is 0.100. The second-order valence-electron chi connectivity index (χ2n) is 6.29. The van der Waals surface area contributed by atoms with E-state index in [9.17, 15) is 23.2 Å².